The molecule has 2 heterocycles. The van der Waals surface area contributed by atoms with E-state index < -0.39 is 5.82 Å². The number of halogens is 2. The lowest BCUT2D eigenvalue weighted by molar-refractivity contribution is 0.0391. The van der Waals surface area contributed by atoms with Crippen molar-refractivity contribution in [2.75, 3.05) is 44.3 Å². The van der Waals surface area contributed by atoms with Crippen LogP contribution in [0.5, 0.6) is 0 Å². The van der Waals surface area contributed by atoms with Gasteiger partial charge in [-0.2, -0.15) is 0 Å². The van der Waals surface area contributed by atoms with Gasteiger partial charge in [-0.25, -0.2) is 9.37 Å². The molecule has 0 aliphatic carbocycles. The number of fused-ring (bicyclic) bond motifs is 1. The highest BCUT2D eigenvalue weighted by Gasteiger charge is 2.24. The summed E-state index contributed by atoms with van der Waals surface area (Å²) in [4.78, 5) is 21.9. The zero-order valence-electron chi connectivity index (χ0n) is 16.0. The van der Waals surface area contributed by atoms with Gasteiger partial charge in [-0.15, -0.1) is 0 Å². The Bertz CT molecular complexity index is 997. The van der Waals surface area contributed by atoms with Gasteiger partial charge >= 0.3 is 0 Å². The lowest BCUT2D eigenvalue weighted by Gasteiger charge is -2.29. The number of morpholine rings is 1. The summed E-state index contributed by atoms with van der Waals surface area (Å²) in [6.07, 6.45) is 0. The first kappa shape index (κ1) is 20.2. The fourth-order valence-electron chi connectivity index (χ4n) is 3.33. The molecule has 3 aromatic rings. The van der Waals surface area contributed by atoms with E-state index in [-0.39, 0.29) is 5.91 Å². The Balaban J connectivity index is 1.68. The molecular formula is C21H21ClFN3O2S. The maximum absolute atomic E-state index is 13.7. The third-order valence-corrected chi connectivity index (χ3v) is 6.52. The lowest BCUT2D eigenvalue weighted by Crippen LogP contribution is -2.43. The maximum atomic E-state index is 13.7. The van der Waals surface area contributed by atoms with Crippen molar-refractivity contribution < 1.29 is 13.9 Å². The molecule has 1 amide bonds. The van der Waals surface area contributed by atoms with Gasteiger partial charge in [0.15, 0.2) is 5.13 Å². The van der Waals surface area contributed by atoms with Crippen LogP contribution in [-0.2, 0) is 4.74 Å². The highest BCUT2D eigenvalue weighted by atomic mass is 35.5. The van der Waals surface area contributed by atoms with E-state index in [1.807, 2.05) is 19.1 Å². The Morgan fingerprint density at radius 3 is 2.83 bits per heavy atom. The van der Waals surface area contributed by atoms with E-state index >= 15 is 0 Å². The minimum absolute atomic E-state index is 0.273. The Morgan fingerprint density at radius 2 is 2.10 bits per heavy atom. The summed E-state index contributed by atoms with van der Waals surface area (Å²) in [6, 6.07) is 9.51. The highest BCUT2D eigenvalue weighted by Crippen LogP contribution is 2.36. The fraction of sp³-hybridized carbons (Fsp3) is 0.333. The second kappa shape index (κ2) is 8.75. The molecule has 1 aliphatic heterocycles. The number of carbonyl (C=O) groups is 1. The number of benzene rings is 2. The van der Waals surface area contributed by atoms with Crippen molar-refractivity contribution in [1.29, 1.82) is 0 Å². The van der Waals surface area contributed by atoms with E-state index in [2.05, 4.69) is 4.90 Å². The Hall–Kier alpha value is -2.06. The Kier molecular flexibility index (Phi) is 6.10. The van der Waals surface area contributed by atoms with Crippen LogP contribution in [0.2, 0.25) is 5.02 Å². The summed E-state index contributed by atoms with van der Waals surface area (Å²) in [6.45, 7) is 6.13. The summed E-state index contributed by atoms with van der Waals surface area (Å²) >= 11 is 7.74. The minimum Gasteiger partial charge on any atom is -0.379 e. The average molecular weight is 434 g/mol. The predicted octanol–water partition coefficient (Wildman–Crippen LogP) is 4.38. The zero-order valence-corrected chi connectivity index (χ0v) is 17.6. The number of carbonyl (C=O) groups excluding carboxylic acids is 1. The molecule has 1 saturated heterocycles. The SMILES string of the molecule is Cc1ccc(Cl)c2sc(N(CCN3CCOCC3)C(=O)c3cccc(F)c3)nc12. The van der Waals surface area contributed by atoms with Crippen LogP contribution >= 0.6 is 22.9 Å². The van der Waals surface area contributed by atoms with E-state index in [1.165, 1.54) is 23.5 Å². The minimum atomic E-state index is -0.438. The van der Waals surface area contributed by atoms with Gasteiger partial charge in [0.1, 0.15) is 5.82 Å². The quantitative estimate of drug-likeness (QED) is 0.599. The number of hydrogen-bond donors (Lipinski definition) is 0. The Labute approximate surface area is 177 Å². The van der Waals surface area contributed by atoms with Gasteiger partial charge in [0, 0.05) is 31.7 Å². The van der Waals surface area contributed by atoms with Gasteiger partial charge < -0.3 is 4.74 Å². The molecule has 1 fully saturated rings. The summed E-state index contributed by atoms with van der Waals surface area (Å²) < 4.78 is 20.0. The number of hydrogen-bond acceptors (Lipinski definition) is 5. The van der Waals surface area contributed by atoms with E-state index in [1.54, 1.807) is 17.0 Å². The Morgan fingerprint density at radius 1 is 1.31 bits per heavy atom. The molecule has 0 saturated carbocycles. The summed E-state index contributed by atoms with van der Waals surface area (Å²) in [5.41, 5.74) is 2.09. The smallest absolute Gasteiger partial charge is 0.260 e. The third kappa shape index (κ3) is 4.43. The van der Waals surface area contributed by atoms with Crippen molar-refractivity contribution in [2.45, 2.75) is 6.92 Å². The first-order valence-electron chi connectivity index (χ1n) is 9.46. The number of thiazole rings is 1. The first-order valence-corrected chi connectivity index (χ1v) is 10.7. The van der Waals surface area contributed by atoms with Crippen LogP contribution < -0.4 is 4.90 Å². The lowest BCUT2D eigenvalue weighted by atomic mass is 10.2. The topological polar surface area (TPSA) is 45.7 Å². The third-order valence-electron chi connectivity index (χ3n) is 4.98. The second-order valence-corrected chi connectivity index (χ2v) is 8.34. The van der Waals surface area contributed by atoms with Gasteiger partial charge in [0.25, 0.3) is 5.91 Å². The van der Waals surface area contributed by atoms with Crippen molar-refractivity contribution in [3.8, 4) is 0 Å². The number of rotatable bonds is 5. The average Bonchev–Trinajstić information content (AvgIpc) is 3.18. The molecule has 0 N–H and O–H groups in total. The van der Waals surface area contributed by atoms with E-state index in [4.69, 9.17) is 21.3 Å². The van der Waals surface area contributed by atoms with Crippen LogP contribution in [0.1, 0.15) is 15.9 Å². The van der Waals surface area contributed by atoms with Crippen LogP contribution in [0.4, 0.5) is 9.52 Å². The number of ether oxygens (including phenoxy) is 1. The molecule has 0 unspecified atom stereocenters. The molecule has 0 spiro atoms. The standard InChI is InChI=1S/C21H21ClFN3O2S/c1-14-5-6-17(22)19-18(14)24-21(29-19)26(8-7-25-9-11-28-12-10-25)20(27)15-3-2-4-16(23)13-15/h2-6,13H,7-12H2,1H3. The summed E-state index contributed by atoms with van der Waals surface area (Å²) in [7, 11) is 0. The number of anilines is 1. The van der Waals surface area contributed by atoms with Gasteiger partial charge in [0.2, 0.25) is 0 Å². The molecule has 29 heavy (non-hydrogen) atoms. The van der Waals surface area contributed by atoms with Crippen molar-refractivity contribution >= 4 is 44.2 Å². The van der Waals surface area contributed by atoms with Crippen molar-refractivity contribution in [3.05, 3.63) is 58.4 Å². The van der Waals surface area contributed by atoms with Gasteiger partial charge in [-0.05, 0) is 36.8 Å². The number of nitrogens with zero attached hydrogens (tertiary/aromatic N) is 3. The predicted molar refractivity (Wildman–Crippen MR) is 115 cm³/mol. The van der Waals surface area contributed by atoms with Crippen molar-refractivity contribution in [3.63, 3.8) is 0 Å². The van der Waals surface area contributed by atoms with Crippen molar-refractivity contribution in [2.24, 2.45) is 0 Å². The van der Waals surface area contributed by atoms with Crippen LogP contribution in [-0.4, -0.2) is 55.2 Å². The first-order chi connectivity index (χ1) is 14.0. The van der Waals surface area contributed by atoms with E-state index in [0.717, 1.165) is 28.9 Å². The van der Waals surface area contributed by atoms with E-state index in [0.29, 0.717) is 42.0 Å². The molecule has 0 atom stereocenters. The number of aryl methyl sites for hydroxylation is 1. The second-order valence-electron chi connectivity index (χ2n) is 6.96. The zero-order chi connectivity index (χ0) is 20.4. The molecule has 1 aromatic heterocycles. The normalized spacial score (nSPS) is 15.0. The van der Waals surface area contributed by atoms with Crippen LogP contribution in [0.15, 0.2) is 36.4 Å². The molecule has 8 heteroatoms. The van der Waals surface area contributed by atoms with Gasteiger partial charge in [-0.1, -0.05) is 35.1 Å². The fourth-order valence-corrected chi connectivity index (χ4v) is 4.67. The molecule has 0 bridgehead atoms. The van der Waals surface area contributed by atoms with Crippen molar-refractivity contribution in [1.82, 2.24) is 9.88 Å². The summed E-state index contributed by atoms with van der Waals surface area (Å²) in [5, 5.41) is 1.18. The van der Waals surface area contributed by atoms with Crippen LogP contribution in [0.25, 0.3) is 10.2 Å². The summed E-state index contributed by atoms with van der Waals surface area (Å²) in [5.74, 6) is -0.710. The largest absolute Gasteiger partial charge is 0.379 e. The molecule has 1 aliphatic rings. The molecule has 5 nitrogen and oxygen atoms in total. The number of amides is 1. The van der Waals surface area contributed by atoms with E-state index in [9.17, 15) is 9.18 Å². The van der Waals surface area contributed by atoms with Crippen LogP contribution in [0, 0.1) is 12.7 Å². The van der Waals surface area contributed by atoms with Gasteiger partial charge in [-0.3, -0.25) is 14.6 Å². The molecular weight excluding hydrogens is 413 g/mol. The monoisotopic (exact) mass is 433 g/mol. The molecule has 0 radical (unpaired) electrons. The molecule has 2 aromatic carbocycles. The highest BCUT2D eigenvalue weighted by molar-refractivity contribution is 7.23. The molecule has 152 valence electrons. The maximum Gasteiger partial charge on any atom is 0.260 e. The van der Waals surface area contributed by atoms with Crippen LogP contribution in [0.3, 0.4) is 0 Å². The van der Waals surface area contributed by atoms with Gasteiger partial charge in [0.05, 0.1) is 28.5 Å². The molecule has 4 rings (SSSR count). The number of aromatic nitrogens is 1.